The van der Waals surface area contributed by atoms with Crippen molar-refractivity contribution in [3.05, 3.63) is 44.9 Å². The number of carboxylic acids is 1. The van der Waals surface area contributed by atoms with Crippen LogP contribution in [0, 0.1) is 12.7 Å². The summed E-state index contributed by atoms with van der Waals surface area (Å²) >= 11 is 3.18. The van der Waals surface area contributed by atoms with Gasteiger partial charge in [-0.15, -0.1) is 0 Å². The number of aromatic nitrogens is 2. The summed E-state index contributed by atoms with van der Waals surface area (Å²) in [6.07, 6.45) is 3.52. The number of carbonyl (C=O) groups is 1. The SMILES string of the molecule is Cc1cc(F)c(Br)cc1-n1nc(C(=O)O)c2c1CCCC2. The Morgan fingerprint density at radius 3 is 2.81 bits per heavy atom. The van der Waals surface area contributed by atoms with Crippen molar-refractivity contribution in [1.29, 1.82) is 0 Å². The average molecular weight is 353 g/mol. The lowest BCUT2D eigenvalue weighted by molar-refractivity contribution is 0.0688. The molecular weight excluding hydrogens is 339 g/mol. The van der Waals surface area contributed by atoms with Crippen LogP contribution in [0.5, 0.6) is 0 Å². The summed E-state index contributed by atoms with van der Waals surface area (Å²) < 4.78 is 15.6. The molecule has 21 heavy (non-hydrogen) atoms. The second-order valence-electron chi connectivity index (χ2n) is 5.25. The number of aromatic carboxylic acids is 1. The second kappa shape index (κ2) is 5.26. The summed E-state index contributed by atoms with van der Waals surface area (Å²) in [6.45, 7) is 1.79. The van der Waals surface area contributed by atoms with Gasteiger partial charge in [0.2, 0.25) is 0 Å². The topological polar surface area (TPSA) is 55.1 Å². The fourth-order valence-electron chi connectivity index (χ4n) is 2.83. The molecule has 0 amide bonds. The first-order valence-electron chi connectivity index (χ1n) is 6.79. The zero-order chi connectivity index (χ0) is 15.1. The fourth-order valence-corrected chi connectivity index (χ4v) is 3.17. The maximum atomic E-state index is 13.6. The second-order valence-corrected chi connectivity index (χ2v) is 6.11. The van der Waals surface area contributed by atoms with Gasteiger partial charge in [0.25, 0.3) is 0 Å². The van der Waals surface area contributed by atoms with Crippen LogP contribution in [0.15, 0.2) is 16.6 Å². The summed E-state index contributed by atoms with van der Waals surface area (Å²) in [4.78, 5) is 11.4. The van der Waals surface area contributed by atoms with Crippen LogP contribution in [0.25, 0.3) is 5.69 Å². The highest BCUT2D eigenvalue weighted by atomic mass is 79.9. The number of aryl methyl sites for hydroxylation is 1. The highest BCUT2D eigenvalue weighted by Crippen LogP contribution is 2.30. The lowest BCUT2D eigenvalue weighted by atomic mass is 9.95. The van der Waals surface area contributed by atoms with Gasteiger partial charge in [-0.25, -0.2) is 13.9 Å². The summed E-state index contributed by atoms with van der Waals surface area (Å²) in [6, 6.07) is 3.08. The minimum Gasteiger partial charge on any atom is -0.476 e. The van der Waals surface area contributed by atoms with Gasteiger partial charge in [-0.1, -0.05) is 0 Å². The third kappa shape index (κ3) is 2.37. The van der Waals surface area contributed by atoms with E-state index in [0.29, 0.717) is 10.2 Å². The molecule has 6 heteroatoms. The van der Waals surface area contributed by atoms with E-state index in [1.807, 2.05) is 0 Å². The lowest BCUT2D eigenvalue weighted by Gasteiger charge is -2.15. The average Bonchev–Trinajstić information content (AvgIpc) is 2.82. The Bertz CT molecular complexity index is 740. The molecule has 1 aromatic carbocycles. The smallest absolute Gasteiger partial charge is 0.356 e. The molecule has 1 aliphatic carbocycles. The summed E-state index contributed by atoms with van der Waals surface area (Å²) in [5.41, 5.74) is 3.30. The maximum Gasteiger partial charge on any atom is 0.356 e. The van der Waals surface area contributed by atoms with Gasteiger partial charge in [0.05, 0.1) is 10.2 Å². The summed E-state index contributed by atoms with van der Waals surface area (Å²) in [5, 5.41) is 13.6. The lowest BCUT2D eigenvalue weighted by Crippen LogP contribution is -2.09. The van der Waals surface area contributed by atoms with Gasteiger partial charge in [0, 0.05) is 11.3 Å². The predicted octanol–water partition coefficient (Wildman–Crippen LogP) is 3.66. The quantitative estimate of drug-likeness (QED) is 0.897. The molecule has 1 aliphatic rings. The van der Waals surface area contributed by atoms with E-state index in [1.165, 1.54) is 6.07 Å². The molecular formula is C15H14BrFN2O2. The normalized spacial score (nSPS) is 14.0. The van der Waals surface area contributed by atoms with E-state index in [9.17, 15) is 14.3 Å². The molecule has 1 N–H and O–H groups in total. The zero-order valence-corrected chi connectivity index (χ0v) is 13.1. The first-order chi connectivity index (χ1) is 9.99. The van der Waals surface area contributed by atoms with Gasteiger partial charge in [-0.05, 0) is 66.2 Å². The summed E-state index contributed by atoms with van der Waals surface area (Å²) in [7, 11) is 0. The molecule has 0 saturated heterocycles. The number of rotatable bonds is 2. The molecule has 4 nitrogen and oxygen atoms in total. The molecule has 0 aliphatic heterocycles. The Morgan fingerprint density at radius 2 is 2.10 bits per heavy atom. The van der Waals surface area contributed by atoms with Crippen molar-refractivity contribution in [3.63, 3.8) is 0 Å². The van der Waals surface area contributed by atoms with Crippen LogP contribution < -0.4 is 0 Å². The number of halogens is 2. The highest BCUT2D eigenvalue weighted by molar-refractivity contribution is 9.10. The molecule has 0 atom stereocenters. The predicted molar refractivity (Wildman–Crippen MR) is 79.6 cm³/mol. The molecule has 0 radical (unpaired) electrons. The third-order valence-electron chi connectivity index (χ3n) is 3.85. The van der Waals surface area contributed by atoms with Gasteiger partial charge < -0.3 is 5.11 Å². The fraction of sp³-hybridized carbons (Fsp3) is 0.333. The molecule has 110 valence electrons. The van der Waals surface area contributed by atoms with E-state index in [-0.39, 0.29) is 11.5 Å². The first-order valence-corrected chi connectivity index (χ1v) is 7.58. The minimum atomic E-state index is -1.01. The van der Waals surface area contributed by atoms with Crippen LogP contribution >= 0.6 is 15.9 Å². The molecule has 0 fully saturated rings. The Kier molecular flexibility index (Phi) is 3.57. The summed E-state index contributed by atoms with van der Waals surface area (Å²) in [5.74, 6) is -1.35. The number of nitrogens with zero attached hydrogens (tertiary/aromatic N) is 2. The first kappa shape index (κ1) is 14.3. The molecule has 2 aromatic rings. The minimum absolute atomic E-state index is 0.115. The zero-order valence-electron chi connectivity index (χ0n) is 11.5. The number of carboxylic acid groups (broad SMARTS) is 1. The van der Waals surface area contributed by atoms with Crippen LogP contribution in [0.1, 0.15) is 40.2 Å². The monoisotopic (exact) mass is 352 g/mol. The number of benzene rings is 1. The molecule has 0 spiro atoms. The van der Waals surface area contributed by atoms with E-state index < -0.39 is 5.97 Å². The standard InChI is InChI=1S/C15H14BrFN2O2/c1-8-6-11(17)10(16)7-13(8)19-12-5-3-2-4-9(12)14(18-19)15(20)21/h6-7H,2-5H2,1H3,(H,20,21). The maximum absolute atomic E-state index is 13.6. The number of hydrogen-bond donors (Lipinski definition) is 1. The van der Waals surface area contributed by atoms with Gasteiger partial charge in [-0.2, -0.15) is 5.10 Å². The molecule has 0 saturated carbocycles. The third-order valence-corrected chi connectivity index (χ3v) is 4.46. The van der Waals surface area contributed by atoms with E-state index in [0.717, 1.165) is 42.5 Å². The van der Waals surface area contributed by atoms with Crippen molar-refractivity contribution >= 4 is 21.9 Å². The van der Waals surface area contributed by atoms with E-state index >= 15 is 0 Å². The largest absolute Gasteiger partial charge is 0.476 e. The van der Waals surface area contributed by atoms with Crippen molar-refractivity contribution in [2.75, 3.05) is 0 Å². The Hall–Kier alpha value is -1.69. The van der Waals surface area contributed by atoms with Gasteiger partial charge >= 0.3 is 5.97 Å². The van der Waals surface area contributed by atoms with Gasteiger partial charge in [0.15, 0.2) is 5.69 Å². The Labute approximate surface area is 129 Å². The van der Waals surface area contributed by atoms with Crippen molar-refractivity contribution < 1.29 is 14.3 Å². The van der Waals surface area contributed by atoms with Gasteiger partial charge in [0.1, 0.15) is 5.82 Å². The van der Waals surface area contributed by atoms with E-state index in [4.69, 9.17) is 0 Å². The van der Waals surface area contributed by atoms with Crippen LogP contribution in [-0.2, 0) is 12.8 Å². The van der Waals surface area contributed by atoms with Crippen molar-refractivity contribution in [2.24, 2.45) is 0 Å². The number of fused-ring (bicyclic) bond motifs is 1. The van der Waals surface area contributed by atoms with E-state index in [1.54, 1.807) is 17.7 Å². The van der Waals surface area contributed by atoms with Crippen LogP contribution in [0.2, 0.25) is 0 Å². The van der Waals surface area contributed by atoms with Crippen LogP contribution in [0.3, 0.4) is 0 Å². The van der Waals surface area contributed by atoms with Crippen molar-refractivity contribution in [3.8, 4) is 5.69 Å². The molecule has 0 unspecified atom stereocenters. The van der Waals surface area contributed by atoms with Crippen molar-refractivity contribution in [2.45, 2.75) is 32.6 Å². The molecule has 1 aromatic heterocycles. The Morgan fingerprint density at radius 1 is 1.38 bits per heavy atom. The number of hydrogen-bond acceptors (Lipinski definition) is 2. The van der Waals surface area contributed by atoms with E-state index in [2.05, 4.69) is 21.0 Å². The van der Waals surface area contributed by atoms with Gasteiger partial charge in [-0.3, -0.25) is 0 Å². The van der Waals surface area contributed by atoms with Crippen LogP contribution in [-0.4, -0.2) is 20.9 Å². The molecule has 3 rings (SSSR count). The van der Waals surface area contributed by atoms with Crippen molar-refractivity contribution in [1.82, 2.24) is 9.78 Å². The molecule has 0 bridgehead atoms. The molecule has 1 heterocycles. The highest BCUT2D eigenvalue weighted by Gasteiger charge is 2.26. The Balaban J connectivity index is 2.24. The van der Waals surface area contributed by atoms with Crippen LogP contribution in [0.4, 0.5) is 4.39 Å².